The van der Waals surface area contributed by atoms with Gasteiger partial charge in [0.05, 0.1) is 25.4 Å². The highest BCUT2D eigenvalue weighted by Crippen LogP contribution is 2.32. The summed E-state index contributed by atoms with van der Waals surface area (Å²) in [6, 6.07) is 4.32. The van der Waals surface area contributed by atoms with E-state index in [9.17, 15) is 9.18 Å². The number of ether oxygens (including phenoxy) is 3. The number of methoxy groups -OCH3 is 1. The fourth-order valence-corrected chi connectivity index (χ4v) is 3.38. The minimum absolute atomic E-state index is 0.0473. The summed E-state index contributed by atoms with van der Waals surface area (Å²) in [5, 5.41) is 0. The lowest BCUT2D eigenvalue weighted by molar-refractivity contribution is -0.176. The normalized spacial score (nSPS) is 23.8. The molecule has 1 aromatic carbocycles. The number of rotatable bonds is 2. The van der Waals surface area contributed by atoms with Crippen molar-refractivity contribution in [1.82, 2.24) is 4.90 Å². The Morgan fingerprint density at radius 1 is 1.39 bits per heavy atom. The molecule has 2 aliphatic heterocycles. The van der Waals surface area contributed by atoms with Crippen molar-refractivity contribution >= 4 is 5.91 Å². The van der Waals surface area contributed by atoms with E-state index < -0.39 is 5.82 Å². The van der Waals surface area contributed by atoms with Gasteiger partial charge in [-0.1, -0.05) is 0 Å². The molecule has 5 nitrogen and oxygen atoms in total. The van der Waals surface area contributed by atoms with Gasteiger partial charge in [0, 0.05) is 38.2 Å². The third kappa shape index (κ3) is 3.33. The molecule has 2 fully saturated rings. The van der Waals surface area contributed by atoms with Gasteiger partial charge < -0.3 is 19.1 Å². The average Bonchev–Trinajstić information content (AvgIpc) is 2.54. The molecule has 2 saturated heterocycles. The lowest BCUT2D eigenvalue weighted by Crippen LogP contribution is -2.58. The first-order valence-electron chi connectivity index (χ1n) is 7.91. The second kappa shape index (κ2) is 6.45. The number of carbonyl (C=O) groups is 1. The molecule has 1 atom stereocenters. The van der Waals surface area contributed by atoms with E-state index in [0.717, 1.165) is 12.8 Å². The van der Waals surface area contributed by atoms with E-state index in [4.69, 9.17) is 14.2 Å². The molecule has 3 rings (SSSR count). The lowest BCUT2D eigenvalue weighted by Gasteiger charge is -2.47. The van der Waals surface area contributed by atoms with Crippen molar-refractivity contribution in [3.63, 3.8) is 0 Å². The van der Waals surface area contributed by atoms with Crippen molar-refractivity contribution in [2.24, 2.45) is 0 Å². The van der Waals surface area contributed by atoms with Gasteiger partial charge in [-0.15, -0.1) is 0 Å². The third-order valence-electron chi connectivity index (χ3n) is 4.50. The lowest BCUT2D eigenvalue weighted by atomic mass is 9.91. The smallest absolute Gasteiger partial charge is 0.254 e. The van der Waals surface area contributed by atoms with Crippen molar-refractivity contribution in [1.29, 1.82) is 0 Å². The largest absolute Gasteiger partial charge is 0.494 e. The van der Waals surface area contributed by atoms with Crippen LogP contribution in [0.25, 0.3) is 0 Å². The summed E-state index contributed by atoms with van der Waals surface area (Å²) in [7, 11) is 1.40. The summed E-state index contributed by atoms with van der Waals surface area (Å²) in [5.41, 5.74) is -0.00374. The fourth-order valence-electron chi connectivity index (χ4n) is 3.38. The molecule has 126 valence electrons. The molecule has 2 aliphatic rings. The van der Waals surface area contributed by atoms with E-state index in [-0.39, 0.29) is 23.4 Å². The molecule has 1 aromatic rings. The van der Waals surface area contributed by atoms with E-state index in [2.05, 4.69) is 0 Å². The Kier molecular flexibility index (Phi) is 4.55. The topological polar surface area (TPSA) is 48.0 Å². The van der Waals surface area contributed by atoms with Crippen LogP contribution in [0.3, 0.4) is 0 Å². The highest BCUT2D eigenvalue weighted by Gasteiger charge is 2.42. The first-order chi connectivity index (χ1) is 11.0. The maximum Gasteiger partial charge on any atom is 0.254 e. The van der Waals surface area contributed by atoms with Gasteiger partial charge in [0.2, 0.25) is 0 Å². The molecule has 0 N–H and O–H groups in total. The van der Waals surface area contributed by atoms with E-state index in [1.165, 1.54) is 19.2 Å². The van der Waals surface area contributed by atoms with Crippen LogP contribution in [0.1, 0.15) is 30.1 Å². The SMILES string of the molecule is COc1ccc(C(=O)N2CC(C)OC3(CCOCC3)C2)cc1F. The maximum absolute atomic E-state index is 13.9. The molecule has 1 unspecified atom stereocenters. The Balaban J connectivity index is 1.79. The van der Waals surface area contributed by atoms with Crippen molar-refractivity contribution in [2.45, 2.75) is 31.5 Å². The van der Waals surface area contributed by atoms with Gasteiger partial charge in [-0.05, 0) is 25.1 Å². The van der Waals surface area contributed by atoms with Crippen LogP contribution in [0.2, 0.25) is 0 Å². The Labute approximate surface area is 135 Å². The predicted molar refractivity (Wildman–Crippen MR) is 82.2 cm³/mol. The first kappa shape index (κ1) is 16.2. The van der Waals surface area contributed by atoms with Gasteiger partial charge in [-0.2, -0.15) is 0 Å². The zero-order valence-electron chi connectivity index (χ0n) is 13.5. The highest BCUT2D eigenvalue weighted by molar-refractivity contribution is 5.94. The van der Waals surface area contributed by atoms with Crippen molar-refractivity contribution in [3.05, 3.63) is 29.6 Å². The van der Waals surface area contributed by atoms with Crippen LogP contribution < -0.4 is 4.74 Å². The van der Waals surface area contributed by atoms with Gasteiger partial charge in [-0.25, -0.2) is 4.39 Å². The minimum Gasteiger partial charge on any atom is -0.494 e. The molecule has 0 aromatic heterocycles. The predicted octanol–water partition coefficient (Wildman–Crippen LogP) is 2.24. The number of nitrogens with zero attached hydrogens (tertiary/aromatic N) is 1. The Morgan fingerprint density at radius 3 is 2.78 bits per heavy atom. The van der Waals surface area contributed by atoms with Crippen LogP contribution in [-0.2, 0) is 9.47 Å². The monoisotopic (exact) mass is 323 g/mol. The molecule has 0 aliphatic carbocycles. The number of morpholine rings is 1. The number of amides is 1. The van der Waals surface area contributed by atoms with Crippen molar-refractivity contribution < 1.29 is 23.4 Å². The molecule has 0 bridgehead atoms. The van der Waals surface area contributed by atoms with Crippen molar-refractivity contribution in [2.75, 3.05) is 33.4 Å². The van der Waals surface area contributed by atoms with Crippen LogP contribution in [0.15, 0.2) is 18.2 Å². The Hall–Kier alpha value is -1.66. The Morgan fingerprint density at radius 2 is 2.13 bits per heavy atom. The zero-order chi connectivity index (χ0) is 16.4. The summed E-state index contributed by atoms with van der Waals surface area (Å²) in [4.78, 5) is 14.5. The number of hydrogen-bond acceptors (Lipinski definition) is 4. The molecule has 2 heterocycles. The van der Waals surface area contributed by atoms with Crippen molar-refractivity contribution in [3.8, 4) is 5.75 Å². The standard InChI is InChI=1S/C17H22FNO4/c1-12-10-19(11-17(23-12)5-7-22-8-6-17)16(20)13-3-4-15(21-2)14(18)9-13/h3-4,9,12H,5-8,10-11H2,1-2H3. The molecular weight excluding hydrogens is 301 g/mol. The molecule has 0 radical (unpaired) electrons. The molecule has 0 saturated carbocycles. The third-order valence-corrected chi connectivity index (χ3v) is 4.50. The number of carbonyl (C=O) groups excluding carboxylic acids is 1. The van der Waals surface area contributed by atoms with Gasteiger partial charge in [0.1, 0.15) is 0 Å². The number of halogens is 1. The van der Waals surface area contributed by atoms with Gasteiger partial charge in [0.15, 0.2) is 11.6 Å². The molecular formula is C17H22FNO4. The molecule has 23 heavy (non-hydrogen) atoms. The van der Waals surface area contributed by atoms with Crippen LogP contribution in [0.5, 0.6) is 5.75 Å². The van der Waals surface area contributed by atoms with E-state index in [0.29, 0.717) is 31.9 Å². The van der Waals surface area contributed by atoms with Gasteiger partial charge in [0.25, 0.3) is 5.91 Å². The van der Waals surface area contributed by atoms with Crippen LogP contribution in [0.4, 0.5) is 4.39 Å². The van der Waals surface area contributed by atoms with Gasteiger partial charge >= 0.3 is 0 Å². The van der Waals surface area contributed by atoms with Crippen LogP contribution >= 0.6 is 0 Å². The second-order valence-electron chi connectivity index (χ2n) is 6.26. The molecule has 6 heteroatoms. The quantitative estimate of drug-likeness (QED) is 0.837. The average molecular weight is 323 g/mol. The summed E-state index contributed by atoms with van der Waals surface area (Å²) >= 11 is 0. The van der Waals surface area contributed by atoms with Gasteiger partial charge in [-0.3, -0.25) is 4.79 Å². The highest BCUT2D eigenvalue weighted by atomic mass is 19.1. The first-order valence-corrected chi connectivity index (χ1v) is 7.91. The van der Waals surface area contributed by atoms with E-state index >= 15 is 0 Å². The van der Waals surface area contributed by atoms with Crippen LogP contribution in [-0.4, -0.2) is 55.9 Å². The Bertz CT molecular complexity index is 586. The fraction of sp³-hybridized carbons (Fsp3) is 0.588. The van der Waals surface area contributed by atoms with Crippen LogP contribution in [0, 0.1) is 5.82 Å². The summed E-state index contributed by atoms with van der Waals surface area (Å²) in [5.74, 6) is -0.564. The molecule has 1 spiro atoms. The number of hydrogen-bond donors (Lipinski definition) is 0. The molecule has 1 amide bonds. The summed E-state index contributed by atoms with van der Waals surface area (Å²) in [6.45, 7) is 4.28. The minimum atomic E-state index is -0.527. The van der Waals surface area contributed by atoms with E-state index in [1.54, 1.807) is 11.0 Å². The summed E-state index contributed by atoms with van der Waals surface area (Å²) in [6.07, 6.45) is 1.50. The zero-order valence-corrected chi connectivity index (χ0v) is 13.5. The second-order valence-corrected chi connectivity index (χ2v) is 6.26. The number of benzene rings is 1. The maximum atomic E-state index is 13.9. The summed E-state index contributed by atoms with van der Waals surface area (Å²) < 4.78 is 30.3. The van der Waals surface area contributed by atoms with E-state index in [1.807, 2.05) is 6.92 Å².